The Kier molecular flexibility index (Phi) is 7.32. The van der Waals surface area contributed by atoms with Crippen LogP contribution in [-0.4, -0.2) is 33.1 Å². The van der Waals surface area contributed by atoms with Gasteiger partial charge in [-0.05, 0) is 91.3 Å². The van der Waals surface area contributed by atoms with Crippen molar-refractivity contribution >= 4 is 0 Å². The molecule has 3 fully saturated rings. The lowest BCUT2D eigenvalue weighted by Gasteiger charge is -2.56. The normalized spacial score (nSPS) is 41.0. The minimum Gasteiger partial charge on any atom is -0.390 e. The van der Waals surface area contributed by atoms with Crippen LogP contribution in [0, 0.1) is 22.2 Å². The fourth-order valence-corrected chi connectivity index (χ4v) is 7.32. The van der Waals surface area contributed by atoms with Crippen LogP contribution < -0.4 is 0 Å². The summed E-state index contributed by atoms with van der Waals surface area (Å²) in [7, 11) is 0. The summed E-state index contributed by atoms with van der Waals surface area (Å²) in [6, 6.07) is 0. The highest BCUT2D eigenvalue weighted by Crippen LogP contribution is 2.72. The van der Waals surface area contributed by atoms with Crippen molar-refractivity contribution in [1.29, 1.82) is 0 Å². The van der Waals surface area contributed by atoms with Gasteiger partial charge in [-0.2, -0.15) is 0 Å². The summed E-state index contributed by atoms with van der Waals surface area (Å²) in [4.78, 5) is 0. The predicted molar refractivity (Wildman–Crippen MR) is 138 cm³/mol. The van der Waals surface area contributed by atoms with Crippen LogP contribution >= 0.6 is 0 Å². The molecule has 0 aromatic carbocycles. The number of hydrogen-bond donors (Lipinski definition) is 3. The number of rotatable bonds is 6. The minimum atomic E-state index is -0.856. The first-order chi connectivity index (χ1) is 15.2. The summed E-state index contributed by atoms with van der Waals surface area (Å²) >= 11 is 0. The van der Waals surface area contributed by atoms with Crippen LogP contribution in [0.15, 0.2) is 47.6 Å². The van der Waals surface area contributed by atoms with Crippen molar-refractivity contribution in [3.63, 3.8) is 0 Å². The molecule has 0 aromatic rings. The van der Waals surface area contributed by atoms with Crippen molar-refractivity contribution in [2.24, 2.45) is 22.2 Å². The topological polar surface area (TPSA) is 60.7 Å². The molecule has 3 N–H and O–H groups in total. The molecule has 6 atom stereocenters. The van der Waals surface area contributed by atoms with E-state index >= 15 is 0 Å². The van der Waals surface area contributed by atoms with Crippen LogP contribution in [0.4, 0.5) is 0 Å². The number of aliphatic hydroxyl groups excluding tert-OH is 2. The Hall–Kier alpha value is -1.16. The highest BCUT2D eigenvalue weighted by atomic mass is 16.3. The maximum Gasteiger partial charge on any atom is 0.102 e. The molecular formula is C30H48O3. The van der Waals surface area contributed by atoms with E-state index in [-0.39, 0.29) is 16.2 Å². The van der Waals surface area contributed by atoms with Crippen molar-refractivity contribution in [2.45, 2.75) is 117 Å². The van der Waals surface area contributed by atoms with Gasteiger partial charge in [0.1, 0.15) is 6.10 Å². The number of allylic oxidation sites excluding steroid dienone is 3. The van der Waals surface area contributed by atoms with E-state index in [1.165, 1.54) is 31.3 Å². The lowest BCUT2D eigenvalue weighted by molar-refractivity contribution is -0.0383. The van der Waals surface area contributed by atoms with E-state index in [4.69, 9.17) is 0 Å². The number of aliphatic hydroxyl groups is 3. The van der Waals surface area contributed by atoms with Gasteiger partial charge in [0, 0.05) is 6.42 Å². The van der Waals surface area contributed by atoms with Crippen LogP contribution in [0.3, 0.4) is 0 Å². The van der Waals surface area contributed by atoms with Gasteiger partial charge in [0.05, 0.1) is 11.7 Å². The monoisotopic (exact) mass is 456 g/mol. The first kappa shape index (κ1) is 26.4. The molecule has 0 unspecified atom stereocenters. The van der Waals surface area contributed by atoms with Gasteiger partial charge in [-0.3, -0.25) is 0 Å². The van der Waals surface area contributed by atoms with Gasteiger partial charge in [-0.1, -0.05) is 71.4 Å². The summed E-state index contributed by atoms with van der Waals surface area (Å²) in [5, 5.41) is 30.8. The molecule has 0 saturated heterocycles. The molecule has 0 amide bonds. The average molecular weight is 457 g/mol. The largest absolute Gasteiger partial charge is 0.390 e. The van der Waals surface area contributed by atoms with E-state index in [1.807, 2.05) is 13.8 Å². The average Bonchev–Trinajstić information content (AvgIpc) is 2.95. The van der Waals surface area contributed by atoms with Crippen LogP contribution in [0.1, 0.15) is 99.3 Å². The van der Waals surface area contributed by atoms with Gasteiger partial charge in [-0.15, -0.1) is 0 Å². The Balaban J connectivity index is 1.85. The molecule has 33 heavy (non-hydrogen) atoms. The molecule has 0 spiro atoms. The smallest absolute Gasteiger partial charge is 0.102 e. The Morgan fingerprint density at radius 1 is 1.09 bits per heavy atom. The summed E-state index contributed by atoms with van der Waals surface area (Å²) in [5.74, 6) is 0.610. The second-order valence-electron chi connectivity index (χ2n) is 12.6. The zero-order chi connectivity index (χ0) is 24.8. The zero-order valence-electron chi connectivity index (χ0n) is 22.0. The first-order valence-electron chi connectivity index (χ1n) is 13.0. The molecule has 0 heterocycles. The predicted octanol–water partition coefficient (Wildman–Crippen LogP) is 6.65. The van der Waals surface area contributed by atoms with Crippen LogP contribution in [0.2, 0.25) is 0 Å². The molecule has 0 bridgehead atoms. The fraction of sp³-hybridized carbons (Fsp3) is 0.733. The molecule has 3 aliphatic rings. The Morgan fingerprint density at radius 3 is 2.39 bits per heavy atom. The van der Waals surface area contributed by atoms with Gasteiger partial charge in [0.15, 0.2) is 0 Å². The van der Waals surface area contributed by atoms with Gasteiger partial charge in [0.25, 0.3) is 0 Å². The molecular weight excluding hydrogens is 408 g/mol. The van der Waals surface area contributed by atoms with Crippen molar-refractivity contribution in [3.05, 3.63) is 47.6 Å². The lowest BCUT2D eigenvalue weighted by Crippen LogP contribution is -2.48. The molecule has 0 aliphatic heterocycles. The van der Waals surface area contributed by atoms with Crippen LogP contribution in [0.25, 0.3) is 0 Å². The summed E-state index contributed by atoms with van der Waals surface area (Å²) in [6.45, 7) is 21.7. The number of hydrogen-bond acceptors (Lipinski definition) is 3. The fourth-order valence-electron chi connectivity index (χ4n) is 7.32. The second kappa shape index (κ2) is 9.13. The summed E-state index contributed by atoms with van der Waals surface area (Å²) in [5.41, 5.74) is 3.64. The molecule has 186 valence electrons. The van der Waals surface area contributed by atoms with Crippen LogP contribution in [0.5, 0.6) is 0 Å². The molecule has 3 rings (SSSR count). The van der Waals surface area contributed by atoms with E-state index < -0.39 is 17.8 Å². The molecule has 3 nitrogen and oxygen atoms in total. The third-order valence-corrected chi connectivity index (χ3v) is 10.4. The highest BCUT2D eigenvalue weighted by molar-refractivity contribution is 5.45. The minimum absolute atomic E-state index is 0.151. The van der Waals surface area contributed by atoms with Crippen molar-refractivity contribution in [2.75, 3.05) is 0 Å². The quantitative estimate of drug-likeness (QED) is 0.392. The molecule has 3 aliphatic carbocycles. The van der Waals surface area contributed by atoms with E-state index in [9.17, 15) is 15.3 Å². The molecule has 3 heteroatoms. The molecule has 0 aromatic heterocycles. The summed E-state index contributed by atoms with van der Waals surface area (Å²) < 4.78 is 0. The third kappa shape index (κ3) is 4.58. The van der Waals surface area contributed by atoms with E-state index in [2.05, 4.69) is 53.0 Å². The zero-order valence-corrected chi connectivity index (χ0v) is 22.0. The Bertz CT molecular complexity index is 843. The van der Waals surface area contributed by atoms with Crippen LogP contribution in [-0.2, 0) is 0 Å². The first-order valence-corrected chi connectivity index (χ1v) is 13.0. The molecule has 3 saturated carbocycles. The number of fused-ring (bicyclic) bond motifs is 1. The summed E-state index contributed by atoms with van der Waals surface area (Å²) in [6.07, 6.45) is 12.4. The second-order valence-corrected chi connectivity index (χ2v) is 12.6. The lowest BCUT2D eigenvalue weighted by atomic mass is 9.48. The van der Waals surface area contributed by atoms with Gasteiger partial charge in [-0.25, -0.2) is 0 Å². The third-order valence-electron chi connectivity index (χ3n) is 10.4. The van der Waals surface area contributed by atoms with Gasteiger partial charge in [0.2, 0.25) is 0 Å². The Labute approximate surface area is 202 Å². The van der Waals surface area contributed by atoms with E-state index in [0.29, 0.717) is 23.5 Å². The van der Waals surface area contributed by atoms with Crippen molar-refractivity contribution in [3.8, 4) is 0 Å². The van der Waals surface area contributed by atoms with Gasteiger partial charge >= 0.3 is 0 Å². The standard InChI is InChI=1S/C30H48O3/c1-20(11-9-15-27(4,5)33)28(6)17-18-29(7)24(12-10-16-30(28,29)8)14-13-23-19-25(31)22(3)26(32)21(23)2/h13-14,20,25-26,31-33H,2-3,9-12,15-19H2,1,4-8H3/b23-13+,24-14+/t20-,25+,26+,28+,29-,30+/m0/s1. The van der Waals surface area contributed by atoms with Gasteiger partial charge < -0.3 is 15.3 Å². The molecule has 0 radical (unpaired) electrons. The highest BCUT2D eigenvalue weighted by Gasteiger charge is 2.63. The van der Waals surface area contributed by atoms with E-state index in [0.717, 1.165) is 31.3 Å². The maximum atomic E-state index is 10.4. The van der Waals surface area contributed by atoms with Crippen molar-refractivity contribution in [1.82, 2.24) is 0 Å². The Morgan fingerprint density at radius 2 is 1.76 bits per heavy atom. The SMILES string of the molecule is C=C1/C(=C/C=C2\CCC[C@@]3(C)[C@@]2(C)CC[C@]3(C)[C@@H](C)CCCC(C)(C)O)C[C@@H](O)C(=C)[C@@H]1O. The van der Waals surface area contributed by atoms with E-state index in [1.54, 1.807) is 0 Å². The van der Waals surface area contributed by atoms with Crippen molar-refractivity contribution < 1.29 is 15.3 Å². The maximum absolute atomic E-state index is 10.4.